The summed E-state index contributed by atoms with van der Waals surface area (Å²) in [6, 6.07) is 36.9. The topological polar surface area (TPSA) is 0 Å². The fourth-order valence-corrected chi connectivity index (χ4v) is 4.02. The molecule has 1 heteroatoms. The maximum absolute atomic E-state index is 5.97. The standard InChI is InChI=1S/C29H27Cl/c1-22(26-5-3-2-4-6-26)21-25-11-17-28(18-12-25)27-15-9-23(10-16-27)7-8-24-13-19-29(30)20-14-24/h2-6,9-20,22H,7-8,21H2,1H3/t22-/m1/s1. The molecule has 0 unspecified atom stereocenters. The molecular weight excluding hydrogens is 384 g/mol. The zero-order chi connectivity index (χ0) is 20.8. The van der Waals surface area contributed by atoms with E-state index in [9.17, 15) is 0 Å². The Balaban J connectivity index is 1.36. The summed E-state index contributed by atoms with van der Waals surface area (Å²) in [7, 11) is 0. The number of benzene rings is 4. The summed E-state index contributed by atoms with van der Waals surface area (Å²) in [5, 5.41) is 0.795. The van der Waals surface area contributed by atoms with Crippen molar-refractivity contribution in [2.24, 2.45) is 0 Å². The lowest BCUT2D eigenvalue weighted by Gasteiger charge is -2.12. The molecule has 0 bridgehead atoms. The van der Waals surface area contributed by atoms with Crippen molar-refractivity contribution in [2.45, 2.75) is 32.1 Å². The van der Waals surface area contributed by atoms with Crippen LogP contribution in [-0.2, 0) is 19.3 Å². The predicted octanol–water partition coefficient (Wildman–Crippen LogP) is 8.14. The highest BCUT2D eigenvalue weighted by atomic mass is 35.5. The van der Waals surface area contributed by atoms with Gasteiger partial charge in [-0.3, -0.25) is 0 Å². The number of aryl methyl sites for hydroxylation is 2. The first-order chi connectivity index (χ1) is 14.7. The second kappa shape index (κ2) is 9.78. The van der Waals surface area contributed by atoms with E-state index in [4.69, 9.17) is 11.6 Å². The molecule has 0 amide bonds. The summed E-state index contributed by atoms with van der Waals surface area (Å²) in [5.74, 6) is 0.525. The highest BCUT2D eigenvalue weighted by Crippen LogP contribution is 2.24. The number of hydrogen-bond donors (Lipinski definition) is 0. The van der Waals surface area contributed by atoms with Gasteiger partial charge in [-0.2, -0.15) is 0 Å². The summed E-state index contributed by atoms with van der Waals surface area (Å²) >= 11 is 5.97. The molecule has 4 aromatic rings. The molecule has 0 fully saturated rings. The summed E-state index contributed by atoms with van der Waals surface area (Å²) in [6.07, 6.45) is 3.14. The Morgan fingerprint density at radius 1 is 0.567 bits per heavy atom. The zero-order valence-corrected chi connectivity index (χ0v) is 18.1. The molecule has 0 aliphatic heterocycles. The average molecular weight is 411 g/mol. The Bertz CT molecular complexity index is 1050. The van der Waals surface area contributed by atoms with E-state index in [1.54, 1.807) is 0 Å². The van der Waals surface area contributed by atoms with E-state index >= 15 is 0 Å². The molecule has 4 aromatic carbocycles. The van der Waals surface area contributed by atoms with Crippen molar-refractivity contribution in [3.63, 3.8) is 0 Å². The van der Waals surface area contributed by atoms with Gasteiger partial charge < -0.3 is 0 Å². The monoisotopic (exact) mass is 410 g/mol. The fraction of sp³-hybridized carbons (Fsp3) is 0.172. The van der Waals surface area contributed by atoms with E-state index in [-0.39, 0.29) is 0 Å². The van der Waals surface area contributed by atoms with Gasteiger partial charge in [-0.15, -0.1) is 0 Å². The van der Waals surface area contributed by atoms with Gasteiger partial charge in [0.2, 0.25) is 0 Å². The maximum atomic E-state index is 5.97. The molecule has 0 saturated heterocycles. The summed E-state index contributed by atoms with van der Waals surface area (Å²) in [6.45, 7) is 2.30. The van der Waals surface area contributed by atoms with Crippen LogP contribution in [0.3, 0.4) is 0 Å². The largest absolute Gasteiger partial charge is 0.0843 e. The van der Waals surface area contributed by atoms with Crippen molar-refractivity contribution < 1.29 is 0 Å². The van der Waals surface area contributed by atoms with Gasteiger partial charge >= 0.3 is 0 Å². The average Bonchev–Trinajstić information content (AvgIpc) is 2.80. The van der Waals surface area contributed by atoms with Crippen LogP contribution in [0.4, 0.5) is 0 Å². The minimum absolute atomic E-state index is 0.525. The Kier molecular flexibility index (Phi) is 6.67. The van der Waals surface area contributed by atoms with Gasteiger partial charge in [0.15, 0.2) is 0 Å². The molecule has 0 nitrogen and oxygen atoms in total. The number of halogens is 1. The molecule has 150 valence electrons. The molecule has 0 aromatic heterocycles. The minimum atomic E-state index is 0.525. The zero-order valence-electron chi connectivity index (χ0n) is 17.4. The Morgan fingerprint density at radius 3 is 1.57 bits per heavy atom. The lowest BCUT2D eigenvalue weighted by atomic mass is 9.93. The van der Waals surface area contributed by atoms with Crippen molar-refractivity contribution in [3.8, 4) is 11.1 Å². The van der Waals surface area contributed by atoms with Gasteiger partial charge in [0.1, 0.15) is 0 Å². The first-order valence-electron chi connectivity index (χ1n) is 10.6. The normalized spacial score (nSPS) is 11.9. The van der Waals surface area contributed by atoms with Crippen molar-refractivity contribution in [2.75, 3.05) is 0 Å². The minimum Gasteiger partial charge on any atom is -0.0843 e. The van der Waals surface area contributed by atoms with E-state index in [2.05, 4.69) is 97.9 Å². The van der Waals surface area contributed by atoms with Crippen LogP contribution in [-0.4, -0.2) is 0 Å². The number of hydrogen-bond acceptors (Lipinski definition) is 0. The molecule has 30 heavy (non-hydrogen) atoms. The Hall–Kier alpha value is -2.83. The van der Waals surface area contributed by atoms with Crippen molar-refractivity contribution in [1.29, 1.82) is 0 Å². The van der Waals surface area contributed by atoms with E-state index in [1.807, 2.05) is 12.1 Å². The number of rotatable bonds is 7. The van der Waals surface area contributed by atoms with Crippen molar-refractivity contribution in [1.82, 2.24) is 0 Å². The Morgan fingerprint density at radius 2 is 1.03 bits per heavy atom. The van der Waals surface area contributed by atoms with E-state index in [0.717, 1.165) is 24.3 Å². The van der Waals surface area contributed by atoms with Crippen LogP contribution in [0, 0.1) is 0 Å². The van der Waals surface area contributed by atoms with Crippen LogP contribution < -0.4 is 0 Å². The molecule has 0 aliphatic carbocycles. The quantitative estimate of drug-likeness (QED) is 0.288. The summed E-state index contributed by atoms with van der Waals surface area (Å²) in [5.41, 5.74) is 8.01. The molecule has 1 atom stereocenters. The lowest BCUT2D eigenvalue weighted by Crippen LogP contribution is -1.98. The first-order valence-corrected chi connectivity index (χ1v) is 11.0. The Labute approximate surface area is 185 Å². The maximum Gasteiger partial charge on any atom is 0.0406 e. The smallest absolute Gasteiger partial charge is 0.0406 e. The first kappa shape index (κ1) is 20.4. The highest BCUT2D eigenvalue weighted by molar-refractivity contribution is 6.30. The molecular formula is C29H27Cl. The molecule has 0 N–H and O–H groups in total. The fourth-order valence-electron chi connectivity index (χ4n) is 3.89. The third-order valence-corrected chi connectivity index (χ3v) is 6.02. The van der Waals surface area contributed by atoms with Crippen LogP contribution in [0.1, 0.15) is 35.1 Å². The van der Waals surface area contributed by atoms with E-state index < -0.39 is 0 Å². The SMILES string of the molecule is C[C@H](Cc1ccc(-c2ccc(CCc3ccc(Cl)cc3)cc2)cc1)c1ccccc1. The van der Waals surface area contributed by atoms with Gasteiger partial charge in [0.25, 0.3) is 0 Å². The second-order valence-electron chi connectivity index (χ2n) is 8.04. The second-order valence-corrected chi connectivity index (χ2v) is 8.47. The van der Waals surface area contributed by atoms with Crippen molar-refractivity contribution in [3.05, 3.63) is 130 Å². The molecule has 0 saturated carbocycles. The molecule has 0 spiro atoms. The molecule has 0 heterocycles. The van der Waals surface area contributed by atoms with Gasteiger partial charge in [-0.05, 0) is 70.7 Å². The molecule has 0 aliphatic rings. The lowest BCUT2D eigenvalue weighted by molar-refractivity contribution is 0.759. The summed E-state index contributed by atoms with van der Waals surface area (Å²) in [4.78, 5) is 0. The predicted molar refractivity (Wildman–Crippen MR) is 129 cm³/mol. The van der Waals surface area contributed by atoms with Crippen LogP contribution in [0.25, 0.3) is 11.1 Å². The third-order valence-electron chi connectivity index (χ3n) is 5.77. The van der Waals surface area contributed by atoms with Crippen molar-refractivity contribution >= 4 is 11.6 Å². The molecule has 4 rings (SSSR count). The summed E-state index contributed by atoms with van der Waals surface area (Å²) < 4.78 is 0. The third kappa shape index (κ3) is 5.40. The molecule has 0 radical (unpaired) electrons. The van der Waals surface area contributed by atoms with Crippen LogP contribution in [0.5, 0.6) is 0 Å². The van der Waals surface area contributed by atoms with Crippen LogP contribution >= 0.6 is 11.6 Å². The van der Waals surface area contributed by atoms with Crippen LogP contribution in [0.2, 0.25) is 5.02 Å². The van der Waals surface area contributed by atoms with E-state index in [0.29, 0.717) is 5.92 Å². The van der Waals surface area contributed by atoms with Gasteiger partial charge in [-0.1, -0.05) is 110 Å². The van der Waals surface area contributed by atoms with Gasteiger partial charge in [-0.25, -0.2) is 0 Å². The van der Waals surface area contributed by atoms with E-state index in [1.165, 1.54) is 33.4 Å². The highest BCUT2D eigenvalue weighted by Gasteiger charge is 2.07. The van der Waals surface area contributed by atoms with Gasteiger partial charge in [0.05, 0.1) is 0 Å². The van der Waals surface area contributed by atoms with Crippen LogP contribution in [0.15, 0.2) is 103 Å². The van der Waals surface area contributed by atoms with Gasteiger partial charge in [0, 0.05) is 5.02 Å².